The van der Waals surface area contributed by atoms with Crippen LogP contribution in [0.5, 0.6) is 0 Å². The van der Waals surface area contributed by atoms with Gasteiger partial charge in [0.1, 0.15) is 0 Å². The third-order valence-corrected chi connectivity index (χ3v) is 4.35. The monoisotopic (exact) mass is 370 g/mol. The minimum absolute atomic E-state index is 0.0540. The summed E-state index contributed by atoms with van der Waals surface area (Å²) < 4.78 is 0. The molecule has 0 spiro atoms. The summed E-state index contributed by atoms with van der Waals surface area (Å²) in [5, 5.41) is 0. The van der Waals surface area contributed by atoms with E-state index in [0.29, 0.717) is 11.1 Å². The van der Waals surface area contributed by atoms with Crippen LogP contribution in [-0.2, 0) is 20.4 Å². The van der Waals surface area contributed by atoms with Gasteiger partial charge in [-0.3, -0.25) is 9.59 Å². The second-order valence-electron chi connectivity index (χ2n) is 8.81. The molecule has 0 fully saturated rings. The Morgan fingerprint density at radius 2 is 0.857 bits per heavy atom. The van der Waals surface area contributed by atoms with Crippen LogP contribution in [0.4, 0.5) is 0 Å². The molecule has 0 N–H and O–H groups in total. The van der Waals surface area contributed by atoms with E-state index in [2.05, 4.69) is 65.2 Å². The lowest BCUT2D eigenvalue weighted by Crippen LogP contribution is -2.10. The highest BCUT2D eigenvalue weighted by molar-refractivity contribution is 6.49. The molecule has 0 radical (unpaired) electrons. The predicted molar refractivity (Wildman–Crippen MR) is 114 cm³/mol. The second-order valence-corrected chi connectivity index (χ2v) is 8.81. The molecule has 0 aliphatic heterocycles. The molecule has 142 valence electrons. The lowest BCUT2D eigenvalue weighted by atomic mass is 9.87. The molecule has 2 aromatic carbocycles. The molecule has 2 nitrogen and oxygen atoms in total. The number of benzene rings is 2. The zero-order chi connectivity index (χ0) is 20.9. The molecule has 2 rings (SSSR count). The van der Waals surface area contributed by atoms with E-state index in [9.17, 15) is 9.59 Å². The third-order valence-electron chi connectivity index (χ3n) is 4.35. The Morgan fingerprint density at radius 3 is 1.11 bits per heavy atom. The van der Waals surface area contributed by atoms with Gasteiger partial charge in [0, 0.05) is 11.1 Å². The predicted octanol–water partition coefficient (Wildman–Crippen LogP) is 4.82. The SMILES string of the molecule is CC(C)(C)c1ccc(C#CC(=O)C(=O)C#Cc2ccc(C(C)(C)C)cc2)cc1. The number of hydrogen-bond donors (Lipinski definition) is 0. The molecule has 2 heteroatoms. The van der Waals surface area contributed by atoms with Crippen molar-refractivity contribution >= 4 is 11.6 Å². The van der Waals surface area contributed by atoms with E-state index < -0.39 is 11.6 Å². The summed E-state index contributed by atoms with van der Waals surface area (Å²) >= 11 is 0. The largest absolute Gasteiger partial charge is 0.285 e. The van der Waals surface area contributed by atoms with Gasteiger partial charge in [-0.25, -0.2) is 0 Å². The summed E-state index contributed by atoms with van der Waals surface area (Å²) in [6.45, 7) is 12.8. The van der Waals surface area contributed by atoms with Crippen LogP contribution in [0.1, 0.15) is 63.8 Å². The first-order valence-corrected chi connectivity index (χ1v) is 9.30. The number of ketones is 2. The van der Waals surface area contributed by atoms with E-state index in [1.54, 1.807) is 0 Å². The molecule has 0 heterocycles. The van der Waals surface area contributed by atoms with Crippen molar-refractivity contribution in [3.63, 3.8) is 0 Å². The van der Waals surface area contributed by atoms with Crippen LogP contribution in [0.15, 0.2) is 48.5 Å². The highest BCUT2D eigenvalue weighted by Gasteiger charge is 2.13. The molecule has 0 saturated heterocycles. The molecular formula is C26H26O2. The second kappa shape index (κ2) is 8.28. The maximum Gasteiger partial charge on any atom is 0.285 e. The zero-order valence-corrected chi connectivity index (χ0v) is 17.4. The smallest absolute Gasteiger partial charge is 0.275 e. The molecular weight excluding hydrogens is 344 g/mol. The molecule has 0 bridgehead atoms. The lowest BCUT2D eigenvalue weighted by Gasteiger charge is -2.18. The fraction of sp³-hybridized carbons (Fsp3) is 0.308. The van der Waals surface area contributed by atoms with E-state index in [1.165, 1.54) is 11.1 Å². The van der Waals surface area contributed by atoms with E-state index >= 15 is 0 Å². The van der Waals surface area contributed by atoms with E-state index in [1.807, 2.05) is 48.5 Å². The Balaban J connectivity index is 2.06. The van der Waals surface area contributed by atoms with E-state index in [4.69, 9.17) is 0 Å². The topological polar surface area (TPSA) is 34.1 Å². The Kier molecular flexibility index (Phi) is 6.27. The molecule has 2 aromatic rings. The molecule has 0 saturated carbocycles. The average Bonchev–Trinajstić information content (AvgIpc) is 2.63. The van der Waals surface area contributed by atoms with Gasteiger partial charge in [-0.1, -0.05) is 77.6 Å². The molecule has 0 amide bonds. The van der Waals surface area contributed by atoms with E-state index in [-0.39, 0.29) is 10.8 Å². The summed E-state index contributed by atoms with van der Waals surface area (Å²) in [7, 11) is 0. The van der Waals surface area contributed by atoms with Crippen molar-refractivity contribution in [2.24, 2.45) is 0 Å². The first kappa shape index (κ1) is 21.2. The van der Waals surface area contributed by atoms with Crippen molar-refractivity contribution in [1.29, 1.82) is 0 Å². The summed E-state index contributed by atoms with van der Waals surface area (Å²) in [6, 6.07) is 15.4. The standard InChI is InChI=1S/C26H26O2/c1-25(2,3)21-13-7-19(8-14-21)11-17-23(27)24(28)18-12-20-9-15-22(16-10-20)26(4,5)6/h7-10,13-16H,1-6H3. The molecule has 0 unspecified atom stereocenters. The number of carbonyl (C=O) groups excluding carboxylic acids is 2. The van der Waals surface area contributed by atoms with Crippen LogP contribution < -0.4 is 0 Å². The van der Waals surface area contributed by atoms with Crippen molar-refractivity contribution in [2.75, 3.05) is 0 Å². The number of rotatable bonds is 1. The molecule has 0 aliphatic carbocycles. The van der Waals surface area contributed by atoms with Crippen LogP contribution in [0.25, 0.3) is 0 Å². The van der Waals surface area contributed by atoms with Gasteiger partial charge in [0.15, 0.2) is 0 Å². The molecule has 0 aliphatic rings. The van der Waals surface area contributed by atoms with Gasteiger partial charge in [0.05, 0.1) is 0 Å². The summed E-state index contributed by atoms with van der Waals surface area (Å²) in [4.78, 5) is 23.8. The first-order chi connectivity index (χ1) is 13.0. The number of carbonyl (C=O) groups is 2. The number of Topliss-reactive ketones (excluding diaryl/α,β-unsaturated/α-hetero) is 2. The minimum Gasteiger partial charge on any atom is -0.275 e. The van der Waals surface area contributed by atoms with Gasteiger partial charge in [-0.2, -0.15) is 0 Å². The maximum atomic E-state index is 11.9. The van der Waals surface area contributed by atoms with E-state index in [0.717, 1.165) is 0 Å². The molecule has 0 aromatic heterocycles. The first-order valence-electron chi connectivity index (χ1n) is 9.30. The van der Waals surface area contributed by atoms with Gasteiger partial charge in [0.25, 0.3) is 11.6 Å². The summed E-state index contributed by atoms with van der Waals surface area (Å²) in [5.74, 6) is 8.65. The highest BCUT2D eigenvalue weighted by atomic mass is 16.2. The van der Waals surface area contributed by atoms with Crippen LogP contribution in [0, 0.1) is 23.7 Å². The fourth-order valence-electron chi connectivity index (χ4n) is 2.48. The Hall–Kier alpha value is -3.10. The molecule has 0 atom stereocenters. The third kappa shape index (κ3) is 5.97. The van der Waals surface area contributed by atoms with Gasteiger partial charge >= 0.3 is 0 Å². The van der Waals surface area contributed by atoms with Gasteiger partial charge in [-0.15, -0.1) is 0 Å². The van der Waals surface area contributed by atoms with Crippen LogP contribution in [0.2, 0.25) is 0 Å². The van der Waals surface area contributed by atoms with Gasteiger partial charge in [0.2, 0.25) is 0 Å². The van der Waals surface area contributed by atoms with Crippen LogP contribution in [-0.4, -0.2) is 11.6 Å². The Labute approximate surface area is 168 Å². The highest BCUT2D eigenvalue weighted by Crippen LogP contribution is 2.22. The quantitative estimate of drug-likeness (QED) is 0.533. The lowest BCUT2D eigenvalue weighted by molar-refractivity contribution is -0.129. The summed E-state index contributed by atoms with van der Waals surface area (Å²) in [5.41, 5.74) is 3.86. The van der Waals surface area contributed by atoms with Crippen molar-refractivity contribution in [3.8, 4) is 23.7 Å². The van der Waals surface area contributed by atoms with Crippen molar-refractivity contribution < 1.29 is 9.59 Å². The van der Waals surface area contributed by atoms with Gasteiger partial charge in [-0.05, 0) is 58.1 Å². The van der Waals surface area contributed by atoms with Crippen LogP contribution in [0.3, 0.4) is 0 Å². The fourth-order valence-corrected chi connectivity index (χ4v) is 2.48. The van der Waals surface area contributed by atoms with Crippen molar-refractivity contribution in [3.05, 3.63) is 70.8 Å². The van der Waals surface area contributed by atoms with Crippen LogP contribution >= 0.6 is 0 Å². The van der Waals surface area contributed by atoms with Crippen molar-refractivity contribution in [1.82, 2.24) is 0 Å². The van der Waals surface area contributed by atoms with Gasteiger partial charge < -0.3 is 0 Å². The number of hydrogen-bond acceptors (Lipinski definition) is 2. The Bertz CT molecular complexity index is 900. The zero-order valence-electron chi connectivity index (χ0n) is 17.4. The molecule has 28 heavy (non-hydrogen) atoms. The summed E-state index contributed by atoms with van der Waals surface area (Å²) in [6.07, 6.45) is 0. The average molecular weight is 370 g/mol. The minimum atomic E-state index is -0.793. The maximum absolute atomic E-state index is 11.9. The normalized spacial score (nSPS) is 10.9. The van der Waals surface area contributed by atoms with Crippen molar-refractivity contribution in [2.45, 2.75) is 52.4 Å². The Morgan fingerprint density at radius 1 is 0.571 bits per heavy atom.